The fourth-order valence-corrected chi connectivity index (χ4v) is 2.88. The Bertz CT molecular complexity index is 475. The number of rotatable bonds is 5. The van der Waals surface area contributed by atoms with Crippen LogP contribution in [0.4, 0.5) is 21.5 Å². The third-order valence-electron chi connectivity index (χ3n) is 3.98. The van der Waals surface area contributed by atoms with Gasteiger partial charge in [0.25, 0.3) is 0 Å². The number of nitrogens with two attached hydrogens (primary N) is 2. The van der Waals surface area contributed by atoms with Crippen molar-refractivity contribution >= 4 is 28.7 Å². The molecule has 5 N–H and O–H groups in total. The topological polar surface area (TPSA) is 67.3 Å². The van der Waals surface area contributed by atoms with Crippen LogP contribution in [-0.4, -0.2) is 31.1 Å². The first-order valence-corrected chi connectivity index (χ1v) is 7.35. The van der Waals surface area contributed by atoms with E-state index in [0.717, 1.165) is 6.54 Å². The first-order chi connectivity index (χ1) is 9.50. The Hall–Kier alpha value is -1.20. The summed E-state index contributed by atoms with van der Waals surface area (Å²) in [5.74, 6) is -0.576. The maximum absolute atomic E-state index is 14.0. The Morgan fingerprint density at radius 1 is 1.35 bits per heavy atom. The average Bonchev–Trinajstić information content (AvgIpc) is 2.94. The number of hydrogen-bond donors (Lipinski definition) is 3. The molecule has 20 heavy (non-hydrogen) atoms. The van der Waals surface area contributed by atoms with Gasteiger partial charge in [0.1, 0.15) is 5.02 Å². The van der Waals surface area contributed by atoms with E-state index in [1.54, 1.807) is 0 Å². The summed E-state index contributed by atoms with van der Waals surface area (Å²) in [5, 5.41) is 2.94. The zero-order valence-electron chi connectivity index (χ0n) is 11.8. The van der Waals surface area contributed by atoms with E-state index in [0.29, 0.717) is 12.6 Å². The second-order valence-corrected chi connectivity index (χ2v) is 5.78. The van der Waals surface area contributed by atoms with Crippen molar-refractivity contribution in [3.63, 3.8) is 0 Å². The molecular weight excluding hydrogens is 279 g/mol. The third-order valence-corrected chi connectivity index (χ3v) is 4.36. The van der Waals surface area contributed by atoms with Crippen molar-refractivity contribution in [3.05, 3.63) is 16.9 Å². The van der Waals surface area contributed by atoms with Gasteiger partial charge in [-0.15, -0.1) is 0 Å². The minimum Gasteiger partial charge on any atom is -0.397 e. The molecule has 1 fully saturated rings. The smallest absolute Gasteiger partial charge is 0.169 e. The maximum Gasteiger partial charge on any atom is 0.169 e. The summed E-state index contributed by atoms with van der Waals surface area (Å²) in [6.45, 7) is 1.46. The fraction of sp³-hybridized carbons (Fsp3) is 0.571. The van der Waals surface area contributed by atoms with E-state index < -0.39 is 5.82 Å². The molecular formula is C14H22ClFN4. The number of halogens is 2. The van der Waals surface area contributed by atoms with Crippen LogP contribution < -0.4 is 16.8 Å². The molecule has 112 valence electrons. The minimum atomic E-state index is -0.576. The lowest BCUT2D eigenvalue weighted by atomic mass is 10.2. The van der Waals surface area contributed by atoms with Gasteiger partial charge in [0.2, 0.25) is 0 Å². The molecule has 0 heterocycles. The number of nitrogen functional groups attached to an aromatic ring is 2. The van der Waals surface area contributed by atoms with Crippen LogP contribution in [0.2, 0.25) is 5.02 Å². The van der Waals surface area contributed by atoms with Gasteiger partial charge in [-0.05, 0) is 26.0 Å². The van der Waals surface area contributed by atoms with Gasteiger partial charge in [-0.1, -0.05) is 24.4 Å². The van der Waals surface area contributed by atoms with Gasteiger partial charge < -0.3 is 21.7 Å². The lowest BCUT2D eigenvalue weighted by Crippen LogP contribution is -2.33. The van der Waals surface area contributed by atoms with E-state index in [2.05, 4.69) is 17.3 Å². The normalized spacial score (nSPS) is 16.0. The molecule has 4 nitrogen and oxygen atoms in total. The highest BCUT2D eigenvalue weighted by Gasteiger charge is 2.19. The molecule has 0 aromatic heterocycles. The molecule has 1 aliphatic rings. The monoisotopic (exact) mass is 300 g/mol. The molecule has 0 unspecified atom stereocenters. The predicted octanol–water partition coefficient (Wildman–Crippen LogP) is 2.93. The Morgan fingerprint density at radius 2 is 2.00 bits per heavy atom. The summed E-state index contributed by atoms with van der Waals surface area (Å²) < 4.78 is 14.0. The largest absolute Gasteiger partial charge is 0.397 e. The van der Waals surface area contributed by atoms with E-state index in [9.17, 15) is 4.39 Å². The van der Waals surface area contributed by atoms with Gasteiger partial charge in [0.05, 0.1) is 17.1 Å². The number of hydrogen-bond acceptors (Lipinski definition) is 4. The predicted molar refractivity (Wildman–Crippen MR) is 83.6 cm³/mol. The van der Waals surface area contributed by atoms with E-state index in [4.69, 9.17) is 23.1 Å². The van der Waals surface area contributed by atoms with Crippen LogP contribution in [-0.2, 0) is 0 Å². The van der Waals surface area contributed by atoms with Crippen LogP contribution in [0, 0.1) is 5.82 Å². The molecule has 0 spiro atoms. The number of nitrogens with one attached hydrogen (secondary N) is 1. The average molecular weight is 301 g/mol. The van der Waals surface area contributed by atoms with Crippen molar-refractivity contribution < 1.29 is 4.39 Å². The molecule has 1 aliphatic carbocycles. The first-order valence-electron chi connectivity index (χ1n) is 6.97. The van der Waals surface area contributed by atoms with E-state index in [1.807, 2.05) is 0 Å². The summed E-state index contributed by atoms with van der Waals surface area (Å²) in [5.41, 5.74) is 12.0. The molecule has 1 aromatic rings. The van der Waals surface area contributed by atoms with Crippen LogP contribution >= 0.6 is 11.6 Å². The summed E-state index contributed by atoms with van der Waals surface area (Å²) in [6.07, 6.45) is 5.11. The Morgan fingerprint density at radius 3 is 2.65 bits per heavy atom. The molecule has 0 atom stereocenters. The lowest BCUT2D eigenvalue weighted by molar-refractivity contribution is 0.254. The lowest BCUT2D eigenvalue weighted by Gasteiger charge is -2.24. The zero-order valence-corrected chi connectivity index (χ0v) is 12.5. The fourth-order valence-electron chi connectivity index (χ4n) is 2.73. The summed E-state index contributed by atoms with van der Waals surface area (Å²) in [6, 6.07) is 2.13. The van der Waals surface area contributed by atoms with Gasteiger partial charge in [-0.25, -0.2) is 4.39 Å². The Kier molecular flexibility index (Phi) is 4.94. The molecule has 0 bridgehead atoms. The van der Waals surface area contributed by atoms with Crippen molar-refractivity contribution in [2.45, 2.75) is 31.7 Å². The summed E-state index contributed by atoms with van der Waals surface area (Å²) >= 11 is 5.79. The van der Waals surface area contributed by atoms with Gasteiger partial charge in [0.15, 0.2) is 5.82 Å². The zero-order chi connectivity index (χ0) is 14.7. The molecule has 1 aromatic carbocycles. The molecule has 0 aliphatic heterocycles. The Labute approximate surface area is 124 Å². The van der Waals surface area contributed by atoms with Crippen LogP contribution in [0.15, 0.2) is 6.07 Å². The number of anilines is 3. The number of likely N-dealkylation sites (N-methyl/N-ethyl adjacent to an activating group) is 1. The number of benzene rings is 1. The van der Waals surface area contributed by atoms with E-state index in [1.165, 1.54) is 31.7 Å². The molecule has 0 radical (unpaired) electrons. The highest BCUT2D eigenvalue weighted by Crippen LogP contribution is 2.33. The van der Waals surface area contributed by atoms with Crippen molar-refractivity contribution in [1.29, 1.82) is 0 Å². The van der Waals surface area contributed by atoms with Crippen LogP contribution in [0.1, 0.15) is 25.7 Å². The molecule has 0 saturated heterocycles. The van der Waals surface area contributed by atoms with Crippen LogP contribution in [0.3, 0.4) is 0 Å². The van der Waals surface area contributed by atoms with Gasteiger partial charge >= 0.3 is 0 Å². The minimum absolute atomic E-state index is 0.0779. The van der Waals surface area contributed by atoms with Crippen molar-refractivity contribution in [3.8, 4) is 0 Å². The second kappa shape index (κ2) is 6.50. The van der Waals surface area contributed by atoms with Gasteiger partial charge in [0, 0.05) is 19.1 Å². The van der Waals surface area contributed by atoms with Gasteiger partial charge in [-0.3, -0.25) is 0 Å². The van der Waals surface area contributed by atoms with Crippen molar-refractivity contribution in [2.75, 3.05) is 36.9 Å². The highest BCUT2D eigenvalue weighted by atomic mass is 35.5. The summed E-state index contributed by atoms with van der Waals surface area (Å²) in [7, 11) is 2.10. The first kappa shape index (κ1) is 15.2. The van der Waals surface area contributed by atoms with Crippen LogP contribution in [0.25, 0.3) is 0 Å². The molecule has 2 rings (SSSR count). The van der Waals surface area contributed by atoms with Crippen molar-refractivity contribution in [2.24, 2.45) is 0 Å². The standard InChI is InChI=1S/C14H22ClFN4/c1-20(9-4-2-3-5-9)7-6-19-14-11(18)8-10(17)12(15)13(14)16/h8-9,19H,2-7,17-18H2,1H3. The molecule has 6 heteroatoms. The quantitative estimate of drug-likeness (QED) is 0.732. The second-order valence-electron chi connectivity index (χ2n) is 5.40. The van der Waals surface area contributed by atoms with E-state index >= 15 is 0 Å². The highest BCUT2D eigenvalue weighted by molar-refractivity contribution is 6.33. The molecule has 0 amide bonds. The third kappa shape index (κ3) is 3.27. The van der Waals surface area contributed by atoms with Crippen LogP contribution in [0.5, 0.6) is 0 Å². The summed E-state index contributed by atoms with van der Waals surface area (Å²) in [4.78, 5) is 2.31. The van der Waals surface area contributed by atoms with E-state index in [-0.39, 0.29) is 22.1 Å². The molecule has 1 saturated carbocycles. The van der Waals surface area contributed by atoms with Gasteiger partial charge in [-0.2, -0.15) is 0 Å². The van der Waals surface area contributed by atoms with Crippen molar-refractivity contribution in [1.82, 2.24) is 4.90 Å². The number of nitrogens with zero attached hydrogens (tertiary/aromatic N) is 1. The Balaban J connectivity index is 1.92. The SMILES string of the molecule is CN(CCNc1c(N)cc(N)c(Cl)c1F)C1CCCC1. The maximum atomic E-state index is 14.0.